The second kappa shape index (κ2) is 4.37. The Balaban J connectivity index is 1.95. The van der Waals surface area contributed by atoms with E-state index in [1.807, 2.05) is 13.0 Å². The zero-order chi connectivity index (χ0) is 9.80. The van der Waals surface area contributed by atoms with E-state index in [1.165, 1.54) is 0 Å². The average molecular weight is 193 g/mol. The van der Waals surface area contributed by atoms with Crippen molar-refractivity contribution >= 4 is 5.82 Å². The van der Waals surface area contributed by atoms with Gasteiger partial charge in [0.05, 0.1) is 12.6 Å². The van der Waals surface area contributed by atoms with Crippen molar-refractivity contribution < 1.29 is 4.74 Å². The van der Waals surface area contributed by atoms with E-state index in [-0.39, 0.29) is 0 Å². The molecule has 1 aliphatic rings. The molecule has 1 N–H and O–H groups in total. The van der Waals surface area contributed by atoms with Crippen LogP contribution in [0.15, 0.2) is 12.4 Å². The molecule has 0 aromatic carbocycles. The van der Waals surface area contributed by atoms with Crippen LogP contribution in [0.3, 0.4) is 0 Å². The van der Waals surface area contributed by atoms with E-state index in [1.54, 1.807) is 6.33 Å². The summed E-state index contributed by atoms with van der Waals surface area (Å²) in [4.78, 5) is 8.21. The van der Waals surface area contributed by atoms with Gasteiger partial charge in [-0.25, -0.2) is 9.97 Å². The molecule has 14 heavy (non-hydrogen) atoms. The number of rotatable bonds is 2. The average Bonchev–Trinajstić information content (AvgIpc) is 2.19. The molecule has 0 aliphatic carbocycles. The topological polar surface area (TPSA) is 47.0 Å². The molecule has 1 fully saturated rings. The number of nitrogens with one attached hydrogen (secondary N) is 1. The van der Waals surface area contributed by atoms with E-state index in [2.05, 4.69) is 15.3 Å². The Bertz CT molecular complexity index is 297. The minimum absolute atomic E-state index is 0.401. The standard InChI is InChI=1S/C10H15N3O/c1-8-5-10(12-7-11-8)13-9-3-2-4-14-6-9/h5,7,9H,2-4,6H2,1H3,(H,11,12,13). The lowest BCUT2D eigenvalue weighted by molar-refractivity contribution is 0.0875. The highest BCUT2D eigenvalue weighted by molar-refractivity contribution is 5.35. The summed E-state index contributed by atoms with van der Waals surface area (Å²) in [5.41, 5.74) is 0.985. The normalized spacial score (nSPS) is 21.9. The minimum atomic E-state index is 0.401. The first-order chi connectivity index (χ1) is 6.84. The van der Waals surface area contributed by atoms with E-state index in [0.29, 0.717) is 6.04 Å². The van der Waals surface area contributed by atoms with Crippen molar-refractivity contribution in [2.45, 2.75) is 25.8 Å². The first-order valence-electron chi connectivity index (χ1n) is 4.97. The Morgan fingerprint density at radius 1 is 1.50 bits per heavy atom. The fourth-order valence-corrected chi connectivity index (χ4v) is 1.60. The van der Waals surface area contributed by atoms with E-state index < -0.39 is 0 Å². The van der Waals surface area contributed by atoms with Gasteiger partial charge in [0.2, 0.25) is 0 Å². The summed E-state index contributed by atoms with van der Waals surface area (Å²) in [6.07, 6.45) is 3.87. The van der Waals surface area contributed by atoms with Crippen molar-refractivity contribution in [1.29, 1.82) is 0 Å². The third kappa shape index (κ3) is 2.42. The van der Waals surface area contributed by atoms with Gasteiger partial charge in [0.1, 0.15) is 12.1 Å². The van der Waals surface area contributed by atoms with Gasteiger partial charge in [0.25, 0.3) is 0 Å². The van der Waals surface area contributed by atoms with Gasteiger partial charge in [-0.2, -0.15) is 0 Å². The molecule has 1 aliphatic heterocycles. The highest BCUT2D eigenvalue weighted by Crippen LogP contribution is 2.12. The fraction of sp³-hybridized carbons (Fsp3) is 0.600. The fourth-order valence-electron chi connectivity index (χ4n) is 1.60. The largest absolute Gasteiger partial charge is 0.379 e. The van der Waals surface area contributed by atoms with Gasteiger partial charge < -0.3 is 10.1 Å². The molecule has 4 heteroatoms. The van der Waals surface area contributed by atoms with Crippen LogP contribution in [0.5, 0.6) is 0 Å². The van der Waals surface area contributed by atoms with Crippen LogP contribution in [0.2, 0.25) is 0 Å². The van der Waals surface area contributed by atoms with Crippen LogP contribution >= 0.6 is 0 Å². The molecule has 1 saturated heterocycles. The molecular formula is C10H15N3O. The Labute approximate surface area is 83.7 Å². The highest BCUT2D eigenvalue weighted by Gasteiger charge is 2.13. The molecule has 1 atom stereocenters. The predicted molar refractivity (Wildman–Crippen MR) is 54.2 cm³/mol. The first kappa shape index (κ1) is 9.40. The van der Waals surface area contributed by atoms with E-state index in [4.69, 9.17) is 4.74 Å². The number of aromatic nitrogens is 2. The van der Waals surface area contributed by atoms with Crippen molar-refractivity contribution in [2.75, 3.05) is 18.5 Å². The lowest BCUT2D eigenvalue weighted by Crippen LogP contribution is -2.30. The third-order valence-electron chi connectivity index (χ3n) is 2.32. The molecule has 0 spiro atoms. The molecule has 1 aromatic rings. The Hall–Kier alpha value is -1.16. The number of ether oxygens (including phenoxy) is 1. The van der Waals surface area contributed by atoms with Crippen LogP contribution in [0.4, 0.5) is 5.82 Å². The quantitative estimate of drug-likeness (QED) is 0.770. The Kier molecular flexibility index (Phi) is 2.93. The molecule has 1 unspecified atom stereocenters. The zero-order valence-electron chi connectivity index (χ0n) is 8.36. The summed E-state index contributed by atoms with van der Waals surface area (Å²) in [5.74, 6) is 0.896. The van der Waals surface area contributed by atoms with Crippen LogP contribution in [0.25, 0.3) is 0 Å². The van der Waals surface area contributed by atoms with Crippen molar-refractivity contribution in [3.05, 3.63) is 18.1 Å². The maximum atomic E-state index is 5.38. The molecular weight excluding hydrogens is 178 g/mol. The highest BCUT2D eigenvalue weighted by atomic mass is 16.5. The summed E-state index contributed by atoms with van der Waals surface area (Å²) in [5, 5.41) is 3.35. The molecule has 0 saturated carbocycles. The first-order valence-corrected chi connectivity index (χ1v) is 4.97. The van der Waals surface area contributed by atoms with Gasteiger partial charge in [0.15, 0.2) is 0 Å². The number of hydrogen-bond donors (Lipinski definition) is 1. The maximum absolute atomic E-state index is 5.38. The SMILES string of the molecule is Cc1cc(NC2CCCOC2)ncn1. The van der Waals surface area contributed by atoms with Gasteiger partial charge in [0, 0.05) is 18.4 Å². The zero-order valence-corrected chi connectivity index (χ0v) is 8.36. The molecule has 0 bridgehead atoms. The van der Waals surface area contributed by atoms with Crippen molar-refractivity contribution in [2.24, 2.45) is 0 Å². The minimum Gasteiger partial charge on any atom is -0.379 e. The van der Waals surface area contributed by atoms with Gasteiger partial charge in [-0.15, -0.1) is 0 Å². The second-order valence-corrected chi connectivity index (χ2v) is 3.60. The summed E-state index contributed by atoms with van der Waals surface area (Å²) >= 11 is 0. The van der Waals surface area contributed by atoms with E-state index in [9.17, 15) is 0 Å². The third-order valence-corrected chi connectivity index (χ3v) is 2.32. The van der Waals surface area contributed by atoms with Crippen LogP contribution in [0, 0.1) is 6.92 Å². The molecule has 2 heterocycles. The van der Waals surface area contributed by atoms with Crippen LogP contribution < -0.4 is 5.32 Å². The molecule has 1 aromatic heterocycles. The number of aryl methyl sites for hydroxylation is 1. The second-order valence-electron chi connectivity index (χ2n) is 3.60. The van der Waals surface area contributed by atoms with Crippen molar-refractivity contribution in [3.63, 3.8) is 0 Å². The molecule has 2 rings (SSSR count). The van der Waals surface area contributed by atoms with Crippen molar-refractivity contribution in [3.8, 4) is 0 Å². The molecule has 0 radical (unpaired) electrons. The van der Waals surface area contributed by atoms with Gasteiger partial charge in [-0.05, 0) is 19.8 Å². The summed E-state index contributed by atoms with van der Waals surface area (Å²) in [6.45, 7) is 3.63. The Morgan fingerprint density at radius 3 is 3.14 bits per heavy atom. The summed E-state index contributed by atoms with van der Waals surface area (Å²) in [7, 11) is 0. The van der Waals surface area contributed by atoms with E-state index >= 15 is 0 Å². The van der Waals surface area contributed by atoms with Crippen LogP contribution in [0.1, 0.15) is 18.5 Å². The van der Waals surface area contributed by atoms with Gasteiger partial charge in [-0.3, -0.25) is 0 Å². The summed E-state index contributed by atoms with van der Waals surface area (Å²) in [6, 6.07) is 2.35. The molecule has 4 nitrogen and oxygen atoms in total. The monoisotopic (exact) mass is 193 g/mol. The van der Waals surface area contributed by atoms with Gasteiger partial charge in [-0.1, -0.05) is 0 Å². The van der Waals surface area contributed by atoms with Crippen LogP contribution in [-0.2, 0) is 4.74 Å². The maximum Gasteiger partial charge on any atom is 0.129 e. The lowest BCUT2D eigenvalue weighted by Gasteiger charge is -2.23. The summed E-state index contributed by atoms with van der Waals surface area (Å²) < 4.78 is 5.38. The Morgan fingerprint density at radius 2 is 2.43 bits per heavy atom. The molecule has 76 valence electrons. The number of hydrogen-bond acceptors (Lipinski definition) is 4. The number of nitrogens with zero attached hydrogens (tertiary/aromatic N) is 2. The predicted octanol–water partition coefficient (Wildman–Crippen LogP) is 1.38. The van der Waals surface area contributed by atoms with Crippen LogP contribution in [-0.4, -0.2) is 29.2 Å². The lowest BCUT2D eigenvalue weighted by atomic mass is 10.1. The van der Waals surface area contributed by atoms with Gasteiger partial charge >= 0.3 is 0 Å². The number of anilines is 1. The smallest absolute Gasteiger partial charge is 0.129 e. The molecule has 0 amide bonds. The van der Waals surface area contributed by atoms with E-state index in [0.717, 1.165) is 37.6 Å². The van der Waals surface area contributed by atoms with Crippen molar-refractivity contribution in [1.82, 2.24) is 9.97 Å².